The van der Waals surface area contributed by atoms with E-state index in [9.17, 15) is 5.11 Å². The summed E-state index contributed by atoms with van der Waals surface area (Å²) in [5, 5.41) is 20.3. The average Bonchev–Trinajstić information content (AvgIpc) is 2.27. The molecule has 0 heterocycles. The van der Waals surface area contributed by atoms with E-state index >= 15 is 0 Å². The van der Waals surface area contributed by atoms with Gasteiger partial charge < -0.3 is 14.9 Å². The molecule has 0 aliphatic rings. The zero-order valence-corrected chi connectivity index (χ0v) is 8.40. The molecule has 2 N–H and O–H groups in total. The van der Waals surface area contributed by atoms with Gasteiger partial charge in [0.1, 0.15) is 11.5 Å². The molecule has 0 bridgehead atoms. The fourth-order valence-electron chi connectivity index (χ4n) is 1.69. The summed E-state index contributed by atoms with van der Waals surface area (Å²) >= 11 is 0. The zero-order valence-electron chi connectivity index (χ0n) is 8.40. The van der Waals surface area contributed by atoms with Crippen molar-refractivity contribution in [3.8, 4) is 11.5 Å². The van der Waals surface area contributed by atoms with Gasteiger partial charge in [0.2, 0.25) is 0 Å². The molecule has 2 aromatic rings. The molecule has 0 aliphatic heterocycles. The summed E-state index contributed by atoms with van der Waals surface area (Å²) in [6.07, 6.45) is 0. The third-order valence-corrected chi connectivity index (χ3v) is 2.38. The summed E-state index contributed by atoms with van der Waals surface area (Å²) in [6.45, 7) is -0.0826. The lowest BCUT2D eigenvalue weighted by Crippen LogP contribution is -1.88. The number of benzene rings is 2. The second kappa shape index (κ2) is 3.79. The van der Waals surface area contributed by atoms with Crippen LogP contribution in [0.5, 0.6) is 11.5 Å². The van der Waals surface area contributed by atoms with Crippen molar-refractivity contribution in [2.45, 2.75) is 6.61 Å². The van der Waals surface area contributed by atoms with Crippen molar-refractivity contribution in [2.24, 2.45) is 0 Å². The summed E-state index contributed by atoms with van der Waals surface area (Å²) in [5.74, 6) is 0.767. The lowest BCUT2D eigenvalue weighted by molar-refractivity contribution is 0.281. The smallest absolute Gasteiger partial charge is 0.130 e. The first-order valence-electron chi connectivity index (χ1n) is 4.65. The highest BCUT2D eigenvalue weighted by Crippen LogP contribution is 2.34. The van der Waals surface area contributed by atoms with E-state index in [4.69, 9.17) is 9.84 Å². The summed E-state index contributed by atoms with van der Waals surface area (Å²) < 4.78 is 5.16. The van der Waals surface area contributed by atoms with Gasteiger partial charge in [-0.3, -0.25) is 0 Å². The molecule has 0 fully saturated rings. The predicted molar refractivity (Wildman–Crippen MR) is 58.1 cm³/mol. The number of hydrogen-bond acceptors (Lipinski definition) is 3. The Bertz CT molecular complexity index is 491. The summed E-state index contributed by atoms with van der Waals surface area (Å²) in [6, 6.07) is 8.89. The Morgan fingerprint density at radius 1 is 1.27 bits per heavy atom. The normalized spacial score (nSPS) is 10.5. The van der Waals surface area contributed by atoms with Gasteiger partial charge in [0.05, 0.1) is 19.1 Å². The van der Waals surface area contributed by atoms with E-state index in [-0.39, 0.29) is 12.4 Å². The number of methoxy groups -OCH3 is 1. The van der Waals surface area contributed by atoms with Crippen molar-refractivity contribution in [1.82, 2.24) is 0 Å². The number of ether oxygens (including phenoxy) is 1. The van der Waals surface area contributed by atoms with Crippen LogP contribution in [0.25, 0.3) is 10.8 Å². The minimum Gasteiger partial charge on any atom is -0.507 e. The van der Waals surface area contributed by atoms with Crippen LogP contribution in [0.1, 0.15) is 5.56 Å². The van der Waals surface area contributed by atoms with Gasteiger partial charge >= 0.3 is 0 Å². The van der Waals surface area contributed by atoms with E-state index < -0.39 is 0 Å². The number of aliphatic hydroxyl groups excluding tert-OH is 1. The summed E-state index contributed by atoms with van der Waals surface area (Å²) in [4.78, 5) is 0. The first-order valence-corrected chi connectivity index (χ1v) is 4.65. The monoisotopic (exact) mass is 204 g/mol. The van der Waals surface area contributed by atoms with E-state index in [1.54, 1.807) is 19.2 Å². The molecule has 0 saturated heterocycles. The van der Waals surface area contributed by atoms with Gasteiger partial charge in [-0.2, -0.15) is 0 Å². The number of phenols is 1. The maximum atomic E-state index is 9.80. The standard InChI is InChI=1S/C12H12O3/c1-15-11-4-2-3-9-5-8(7-13)6-10(14)12(9)11/h2-6,13-14H,7H2,1H3. The molecule has 0 aromatic heterocycles. The Kier molecular flexibility index (Phi) is 2.47. The SMILES string of the molecule is COc1cccc2cc(CO)cc(O)c12. The topological polar surface area (TPSA) is 49.7 Å². The Morgan fingerprint density at radius 3 is 2.73 bits per heavy atom. The van der Waals surface area contributed by atoms with Crippen molar-refractivity contribution >= 4 is 10.8 Å². The Hall–Kier alpha value is -1.74. The molecule has 0 amide bonds. The number of aliphatic hydroxyl groups is 1. The highest BCUT2D eigenvalue weighted by molar-refractivity contribution is 5.94. The van der Waals surface area contributed by atoms with Crippen molar-refractivity contribution in [3.05, 3.63) is 35.9 Å². The van der Waals surface area contributed by atoms with Crippen LogP contribution in [0.3, 0.4) is 0 Å². The van der Waals surface area contributed by atoms with Crippen molar-refractivity contribution in [3.63, 3.8) is 0 Å². The third kappa shape index (κ3) is 1.62. The second-order valence-electron chi connectivity index (χ2n) is 3.33. The second-order valence-corrected chi connectivity index (χ2v) is 3.33. The highest BCUT2D eigenvalue weighted by Gasteiger charge is 2.07. The van der Waals surface area contributed by atoms with Crippen molar-refractivity contribution < 1.29 is 14.9 Å². The van der Waals surface area contributed by atoms with Crippen LogP contribution in [-0.2, 0) is 6.61 Å². The van der Waals surface area contributed by atoms with E-state index in [0.717, 1.165) is 5.39 Å². The molecular formula is C12H12O3. The molecule has 3 nitrogen and oxygen atoms in total. The maximum Gasteiger partial charge on any atom is 0.130 e. The maximum absolute atomic E-state index is 9.80. The van der Waals surface area contributed by atoms with Gasteiger partial charge in [-0.25, -0.2) is 0 Å². The Balaban J connectivity index is 2.78. The quantitative estimate of drug-likeness (QED) is 0.787. The van der Waals surface area contributed by atoms with E-state index in [1.165, 1.54) is 0 Å². The van der Waals surface area contributed by atoms with E-state index in [1.807, 2.05) is 18.2 Å². The zero-order chi connectivity index (χ0) is 10.8. The average molecular weight is 204 g/mol. The van der Waals surface area contributed by atoms with Crippen LogP contribution in [-0.4, -0.2) is 17.3 Å². The molecule has 15 heavy (non-hydrogen) atoms. The molecule has 3 heteroatoms. The number of rotatable bonds is 2. The van der Waals surface area contributed by atoms with Crippen LogP contribution < -0.4 is 4.74 Å². The van der Waals surface area contributed by atoms with Crippen LogP contribution in [0.2, 0.25) is 0 Å². The Morgan fingerprint density at radius 2 is 2.07 bits per heavy atom. The molecule has 0 radical (unpaired) electrons. The van der Waals surface area contributed by atoms with E-state index in [2.05, 4.69) is 0 Å². The largest absolute Gasteiger partial charge is 0.507 e. The molecule has 2 rings (SSSR count). The molecular weight excluding hydrogens is 192 g/mol. The van der Waals surface area contributed by atoms with Gasteiger partial charge in [-0.15, -0.1) is 0 Å². The van der Waals surface area contributed by atoms with Crippen LogP contribution >= 0.6 is 0 Å². The van der Waals surface area contributed by atoms with Gasteiger partial charge in [-0.05, 0) is 29.1 Å². The van der Waals surface area contributed by atoms with Crippen molar-refractivity contribution in [1.29, 1.82) is 0 Å². The third-order valence-electron chi connectivity index (χ3n) is 2.38. The van der Waals surface area contributed by atoms with Gasteiger partial charge in [0.15, 0.2) is 0 Å². The van der Waals surface area contributed by atoms with Gasteiger partial charge in [-0.1, -0.05) is 12.1 Å². The van der Waals surface area contributed by atoms with Gasteiger partial charge in [0.25, 0.3) is 0 Å². The van der Waals surface area contributed by atoms with Crippen LogP contribution in [0, 0.1) is 0 Å². The molecule has 0 spiro atoms. The first-order chi connectivity index (χ1) is 7.26. The molecule has 0 unspecified atom stereocenters. The van der Waals surface area contributed by atoms with Crippen molar-refractivity contribution in [2.75, 3.05) is 7.11 Å². The lowest BCUT2D eigenvalue weighted by atomic mass is 10.1. The number of hydrogen-bond donors (Lipinski definition) is 2. The number of fused-ring (bicyclic) bond motifs is 1. The van der Waals surface area contributed by atoms with Crippen LogP contribution in [0.4, 0.5) is 0 Å². The fourth-order valence-corrected chi connectivity index (χ4v) is 1.69. The minimum atomic E-state index is -0.0826. The highest BCUT2D eigenvalue weighted by atomic mass is 16.5. The first kappa shape index (κ1) is 9.80. The Labute approximate surface area is 87.5 Å². The fraction of sp³-hybridized carbons (Fsp3) is 0.167. The molecule has 0 saturated carbocycles. The molecule has 78 valence electrons. The van der Waals surface area contributed by atoms with Gasteiger partial charge in [0, 0.05) is 0 Å². The summed E-state index contributed by atoms with van der Waals surface area (Å²) in [5.41, 5.74) is 0.688. The minimum absolute atomic E-state index is 0.0826. The molecule has 2 aromatic carbocycles. The predicted octanol–water partition coefficient (Wildman–Crippen LogP) is 2.05. The van der Waals surface area contributed by atoms with E-state index in [0.29, 0.717) is 16.7 Å². The lowest BCUT2D eigenvalue weighted by Gasteiger charge is -2.08. The number of phenolic OH excluding ortho intramolecular Hbond substituents is 1. The summed E-state index contributed by atoms with van der Waals surface area (Å²) in [7, 11) is 1.56. The molecule has 0 aliphatic carbocycles. The molecule has 0 atom stereocenters. The number of aromatic hydroxyl groups is 1. The van der Waals surface area contributed by atoms with Crippen LogP contribution in [0.15, 0.2) is 30.3 Å².